The average molecular weight is 422 g/mol. The van der Waals surface area contributed by atoms with Crippen LogP contribution in [-0.4, -0.2) is 33.7 Å². The van der Waals surface area contributed by atoms with E-state index in [-0.39, 0.29) is 22.7 Å². The van der Waals surface area contributed by atoms with Gasteiger partial charge in [0.1, 0.15) is 17.1 Å². The van der Waals surface area contributed by atoms with E-state index in [0.29, 0.717) is 11.9 Å². The zero-order valence-corrected chi connectivity index (χ0v) is 18.0. The Bertz CT molecular complexity index is 1270. The third kappa shape index (κ3) is 3.52. The molecular formula is C23H26N4O4. The number of fused-ring (bicyclic) bond motifs is 1. The fraction of sp³-hybridized carbons (Fsp3) is 0.391. The maximum atomic E-state index is 12.9. The molecule has 1 aromatic carbocycles. The second kappa shape index (κ2) is 8.02. The predicted octanol–water partition coefficient (Wildman–Crippen LogP) is 1.88. The van der Waals surface area contributed by atoms with Crippen LogP contribution >= 0.6 is 0 Å². The van der Waals surface area contributed by atoms with Crippen molar-refractivity contribution in [2.24, 2.45) is 14.1 Å². The number of aromatic nitrogens is 3. The minimum absolute atomic E-state index is 0.170. The molecule has 1 aliphatic rings. The van der Waals surface area contributed by atoms with Gasteiger partial charge in [-0.3, -0.25) is 18.7 Å². The van der Waals surface area contributed by atoms with Gasteiger partial charge in [-0.25, -0.2) is 9.78 Å². The SMILES string of the molecule is COc1ccccc1C1(CNC(=O)c2ccc3c(=O)n(C)c(=O)n(C)c3n2)CCCC1. The Kier molecular flexibility index (Phi) is 5.39. The summed E-state index contributed by atoms with van der Waals surface area (Å²) in [4.78, 5) is 41.8. The number of hydrogen-bond donors (Lipinski definition) is 1. The Hall–Kier alpha value is -3.42. The molecule has 4 rings (SSSR count). The van der Waals surface area contributed by atoms with Crippen molar-refractivity contribution in [3.8, 4) is 5.75 Å². The number of ether oxygens (including phenoxy) is 1. The third-order valence-corrected chi connectivity index (χ3v) is 6.36. The van der Waals surface area contributed by atoms with Gasteiger partial charge in [0.2, 0.25) is 0 Å². The number of aryl methyl sites for hydroxylation is 1. The first-order chi connectivity index (χ1) is 14.9. The lowest BCUT2D eigenvalue weighted by atomic mass is 9.78. The summed E-state index contributed by atoms with van der Waals surface area (Å²) in [5.41, 5.74) is 0.363. The molecule has 1 fully saturated rings. The molecule has 1 amide bonds. The second-order valence-electron chi connectivity index (χ2n) is 8.14. The maximum Gasteiger partial charge on any atom is 0.332 e. The van der Waals surface area contributed by atoms with E-state index in [1.165, 1.54) is 24.7 Å². The Balaban J connectivity index is 1.64. The van der Waals surface area contributed by atoms with Gasteiger partial charge in [-0.1, -0.05) is 31.0 Å². The van der Waals surface area contributed by atoms with Crippen molar-refractivity contribution < 1.29 is 9.53 Å². The molecule has 1 N–H and O–H groups in total. The molecule has 0 atom stereocenters. The van der Waals surface area contributed by atoms with Crippen molar-refractivity contribution in [1.82, 2.24) is 19.4 Å². The van der Waals surface area contributed by atoms with E-state index in [4.69, 9.17) is 4.74 Å². The van der Waals surface area contributed by atoms with Crippen LogP contribution in [0.1, 0.15) is 41.7 Å². The molecule has 0 aliphatic heterocycles. The molecule has 0 spiro atoms. The molecule has 0 radical (unpaired) electrons. The lowest BCUT2D eigenvalue weighted by Crippen LogP contribution is -2.40. The quantitative estimate of drug-likeness (QED) is 0.677. The summed E-state index contributed by atoms with van der Waals surface area (Å²) in [5.74, 6) is 0.490. The molecule has 162 valence electrons. The monoisotopic (exact) mass is 422 g/mol. The third-order valence-electron chi connectivity index (χ3n) is 6.36. The fourth-order valence-electron chi connectivity index (χ4n) is 4.60. The molecule has 31 heavy (non-hydrogen) atoms. The minimum Gasteiger partial charge on any atom is -0.496 e. The van der Waals surface area contributed by atoms with E-state index in [1.54, 1.807) is 13.2 Å². The average Bonchev–Trinajstić information content (AvgIpc) is 3.29. The summed E-state index contributed by atoms with van der Waals surface area (Å²) >= 11 is 0. The van der Waals surface area contributed by atoms with E-state index in [0.717, 1.165) is 41.6 Å². The first-order valence-electron chi connectivity index (χ1n) is 10.4. The van der Waals surface area contributed by atoms with Gasteiger partial charge in [0, 0.05) is 31.6 Å². The summed E-state index contributed by atoms with van der Waals surface area (Å²) < 4.78 is 7.89. The highest BCUT2D eigenvalue weighted by Crippen LogP contribution is 2.44. The van der Waals surface area contributed by atoms with Crippen molar-refractivity contribution in [1.29, 1.82) is 0 Å². The van der Waals surface area contributed by atoms with Gasteiger partial charge in [0.15, 0.2) is 0 Å². The molecular weight excluding hydrogens is 396 g/mol. The number of para-hydroxylation sites is 1. The molecule has 1 aliphatic carbocycles. The molecule has 3 aromatic rings. The maximum absolute atomic E-state index is 12.9. The number of methoxy groups -OCH3 is 1. The van der Waals surface area contributed by atoms with Gasteiger partial charge >= 0.3 is 5.69 Å². The first kappa shape index (κ1) is 20.8. The smallest absolute Gasteiger partial charge is 0.332 e. The molecule has 2 heterocycles. The summed E-state index contributed by atoms with van der Waals surface area (Å²) in [5, 5.41) is 3.32. The van der Waals surface area contributed by atoms with Crippen molar-refractivity contribution in [2.75, 3.05) is 13.7 Å². The normalized spacial score (nSPS) is 15.2. The molecule has 0 unspecified atom stereocenters. The van der Waals surface area contributed by atoms with Crippen LogP contribution in [0, 0.1) is 0 Å². The molecule has 1 saturated carbocycles. The van der Waals surface area contributed by atoms with Gasteiger partial charge < -0.3 is 10.1 Å². The van der Waals surface area contributed by atoms with E-state index in [9.17, 15) is 14.4 Å². The van der Waals surface area contributed by atoms with Crippen LogP contribution < -0.4 is 21.3 Å². The topological polar surface area (TPSA) is 95.2 Å². The van der Waals surface area contributed by atoms with Gasteiger partial charge in [0.05, 0.1) is 12.5 Å². The fourth-order valence-corrected chi connectivity index (χ4v) is 4.60. The molecule has 2 aromatic heterocycles. The predicted molar refractivity (Wildman–Crippen MR) is 118 cm³/mol. The highest BCUT2D eigenvalue weighted by molar-refractivity contribution is 5.94. The van der Waals surface area contributed by atoms with Gasteiger partial charge in [-0.15, -0.1) is 0 Å². The first-order valence-corrected chi connectivity index (χ1v) is 10.4. The lowest BCUT2D eigenvalue weighted by molar-refractivity contribution is 0.0938. The van der Waals surface area contributed by atoms with E-state index in [1.807, 2.05) is 18.2 Å². The van der Waals surface area contributed by atoms with E-state index < -0.39 is 11.2 Å². The number of amides is 1. The number of hydrogen-bond acceptors (Lipinski definition) is 5. The number of nitrogens with zero attached hydrogens (tertiary/aromatic N) is 3. The van der Waals surface area contributed by atoms with Crippen LogP contribution in [0.15, 0.2) is 46.0 Å². The van der Waals surface area contributed by atoms with Crippen LogP contribution in [0.4, 0.5) is 0 Å². The Labute approximate surface area is 179 Å². The largest absolute Gasteiger partial charge is 0.496 e. The zero-order valence-electron chi connectivity index (χ0n) is 18.0. The standard InChI is InChI=1S/C23H26N4O4/c1-26-19-15(21(29)27(2)22(26)30)10-11-17(25-19)20(28)24-14-23(12-6-7-13-23)16-8-4-5-9-18(16)31-3/h4-5,8-11H,6-7,12-14H2,1-3H3,(H,24,28). The summed E-state index contributed by atoms with van der Waals surface area (Å²) in [7, 11) is 4.62. The molecule has 8 nitrogen and oxygen atoms in total. The molecule has 0 saturated heterocycles. The number of carbonyl (C=O) groups excluding carboxylic acids is 1. The molecule has 0 bridgehead atoms. The highest BCUT2D eigenvalue weighted by atomic mass is 16.5. The van der Waals surface area contributed by atoms with Crippen molar-refractivity contribution in [3.05, 3.63) is 68.5 Å². The van der Waals surface area contributed by atoms with Gasteiger partial charge in [-0.05, 0) is 31.0 Å². The summed E-state index contributed by atoms with van der Waals surface area (Å²) in [6.07, 6.45) is 4.10. The van der Waals surface area contributed by atoms with Crippen molar-refractivity contribution >= 4 is 16.9 Å². The summed E-state index contributed by atoms with van der Waals surface area (Å²) in [6.45, 7) is 0.460. The number of nitrogens with one attached hydrogen (secondary N) is 1. The highest BCUT2D eigenvalue weighted by Gasteiger charge is 2.38. The Morgan fingerprint density at radius 3 is 2.52 bits per heavy atom. The second-order valence-corrected chi connectivity index (χ2v) is 8.14. The van der Waals surface area contributed by atoms with Crippen LogP contribution in [-0.2, 0) is 19.5 Å². The number of carbonyl (C=O) groups is 1. The van der Waals surface area contributed by atoms with E-state index >= 15 is 0 Å². The van der Waals surface area contributed by atoms with E-state index in [2.05, 4.69) is 16.4 Å². The van der Waals surface area contributed by atoms with Crippen molar-refractivity contribution in [2.45, 2.75) is 31.1 Å². The van der Waals surface area contributed by atoms with Gasteiger partial charge in [-0.2, -0.15) is 0 Å². The Morgan fingerprint density at radius 1 is 1.10 bits per heavy atom. The van der Waals surface area contributed by atoms with Gasteiger partial charge in [0.25, 0.3) is 11.5 Å². The Morgan fingerprint density at radius 2 is 1.81 bits per heavy atom. The molecule has 8 heteroatoms. The lowest BCUT2D eigenvalue weighted by Gasteiger charge is -2.31. The zero-order chi connectivity index (χ0) is 22.2. The number of pyridine rings is 1. The van der Waals surface area contributed by atoms with Crippen LogP contribution in [0.25, 0.3) is 11.0 Å². The van der Waals surface area contributed by atoms with Crippen molar-refractivity contribution in [3.63, 3.8) is 0 Å². The van der Waals surface area contributed by atoms with Crippen LogP contribution in [0.3, 0.4) is 0 Å². The summed E-state index contributed by atoms with van der Waals surface area (Å²) in [6, 6.07) is 11.0. The number of benzene rings is 1. The van der Waals surface area contributed by atoms with Crippen LogP contribution in [0.5, 0.6) is 5.75 Å². The van der Waals surface area contributed by atoms with Crippen LogP contribution in [0.2, 0.25) is 0 Å². The number of rotatable bonds is 5. The minimum atomic E-state index is -0.483.